The molecule has 0 aromatic heterocycles. The average molecular weight is 257 g/mol. The molecular formula is C12H19NO5. The lowest BCUT2D eigenvalue weighted by molar-refractivity contribution is -0.145. The molecule has 0 spiro atoms. The molecule has 6 nitrogen and oxygen atoms in total. The highest BCUT2D eigenvalue weighted by Gasteiger charge is 2.30. The van der Waals surface area contributed by atoms with Gasteiger partial charge in [0, 0.05) is 6.42 Å². The van der Waals surface area contributed by atoms with E-state index in [2.05, 4.69) is 14.8 Å². The molecule has 1 aliphatic carbocycles. The molecule has 0 heterocycles. The van der Waals surface area contributed by atoms with Crippen LogP contribution in [-0.4, -0.2) is 38.1 Å². The van der Waals surface area contributed by atoms with Crippen molar-refractivity contribution in [1.29, 1.82) is 0 Å². The second kappa shape index (κ2) is 6.98. The van der Waals surface area contributed by atoms with Crippen molar-refractivity contribution >= 4 is 17.8 Å². The minimum Gasteiger partial charge on any atom is -0.469 e. The number of carbonyl (C=O) groups excluding carboxylic acids is 3. The van der Waals surface area contributed by atoms with Crippen molar-refractivity contribution in [3.8, 4) is 0 Å². The van der Waals surface area contributed by atoms with Gasteiger partial charge < -0.3 is 14.8 Å². The molecule has 1 fully saturated rings. The van der Waals surface area contributed by atoms with E-state index in [1.807, 2.05) is 0 Å². The van der Waals surface area contributed by atoms with Crippen LogP contribution in [0.3, 0.4) is 0 Å². The van der Waals surface area contributed by atoms with Crippen LogP contribution in [0.4, 0.5) is 0 Å². The molecule has 0 bridgehead atoms. The molecule has 1 atom stereocenters. The van der Waals surface area contributed by atoms with E-state index in [0.717, 1.165) is 12.8 Å². The van der Waals surface area contributed by atoms with Crippen molar-refractivity contribution in [2.75, 3.05) is 14.2 Å². The lowest BCUT2D eigenvalue weighted by atomic mass is 10.1. The normalized spacial score (nSPS) is 15.7. The number of nitrogens with one attached hydrogen (secondary N) is 1. The van der Waals surface area contributed by atoms with Crippen molar-refractivity contribution in [3.63, 3.8) is 0 Å². The monoisotopic (exact) mass is 257 g/mol. The molecule has 6 heteroatoms. The first-order valence-corrected chi connectivity index (χ1v) is 6.00. The lowest BCUT2D eigenvalue weighted by Crippen LogP contribution is -2.42. The second-order valence-corrected chi connectivity index (χ2v) is 4.40. The van der Waals surface area contributed by atoms with E-state index in [1.54, 1.807) is 0 Å². The molecule has 0 radical (unpaired) electrons. The van der Waals surface area contributed by atoms with Gasteiger partial charge in [-0.3, -0.25) is 9.59 Å². The predicted octanol–water partition coefficient (Wildman–Crippen LogP) is 0.397. The Morgan fingerprint density at radius 1 is 1.17 bits per heavy atom. The first-order chi connectivity index (χ1) is 8.56. The van der Waals surface area contributed by atoms with Gasteiger partial charge in [0.25, 0.3) is 0 Å². The molecule has 102 valence electrons. The third kappa shape index (κ3) is 5.16. The number of hydrogen-bond acceptors (Lipinski definition) is 5. The van der Waals surface area contributed by atoms with Gasteiger partial charge in [-0.25, -0.2) is 4.79 Å². The van der Waals surface area contributed by atoms with Crippen LogP contribution < -0.4 is 5.32 Å². The van der Waals surface area contributed by atoms with Crippen LogP contribution in [0.1, 0.15) is 32.1 Å². The Morgan fingerprint density at radius 3 is 2.33 bits per heavy atom. The van der Waals surface area contributed by atoms with Gasteiger partial charge in [0.2, 0.25) is 5.91 Å². The van der Waals surface area contributed by atoms with Gasteiger partial charge in [-0.05, 0) is 12.3 Å². The molecule has 0 aromatic carbocycles. The molecule has 0 aromatic rings. The summed E-state index contributed by atoms with van der Waals surface area (Å²) in [5.74, 6) is -0.721. The van der Waals surface area contributed by atoms with E-state index < -0.39 is 18.0 Å². The highest BCUT2D eigenvalue weighted by atomic mass is 16.5. The molecule has 0 unspecified atom stereocenters. The zero-order valence-electron chi connectivity index (χ0n) is 10.7. The lowest BCUT2D eigenvalue weighted by Gasteiger charge is -2.15. The highest BCUT2D eigenvalue weighted by molar-refractivity contribution is 5.86. The minimum absolute atomic E-state index is 0.0135. The van der Waals surface area contributed by atoms with Crippen molar-refractivity contribution < 1.29 is 23.9 Å². The van der Waals surface area contributed by atoms with Gasteiger partial charge in [0.15, 0.2) is 0 Å². The van der Waals surface area contributed by atoms with Gasteiger partial charge in [-0.15, -0.1) is 0 Å². The van der Waals surface area contributed by atoms with Gasteiger partial charge >= 0.3 is 11.9 Å². The zero-order chi connectivity index (χ0) is 13.5. The van der Waals surface area contributed by atoms with Crippen LogP contribution in [0, 0.1) is 5.92 Å². The fourth-order valence-electron chi connectivity index (χ4n) is 1.63. The highest BCUT2D eigenvalue weighted by Crippen LogP contribution is 2.33. The van der Waals surface area contributed by atoms with Gasteiger partial charge in [0.05, 0.1) is 20.6 Å². The summed E-state index contributed by atoms with van der Waals surface area (Å²) in [5, 5.41) is 2.60. The third-order valence-corrected chi connectivity index (χ3v) is 2.87. The summed E-state index contributed by atoms with van der Waals surface area (Å²) in [6, 6.07) is -0.604. The quantitative estimate of drug-likeness (QED) is 0.667. The topological polar surface area (TPSA) is 81.7 Å². The summed E-state index contributed by atoms with van der Waals surface area (Å²) in [7, 11) is 2.56. The summed E-state index contributed by atoms with van der Waals surface area (Å²) < 4.78 is 9.08. The van der Waals surface area contributed by atoms with Crippen molar-refractivity contribution in [1.82, 2.24) is 5.32 Å². The van der Waals surface area contributed by atoms with Crippen molar-refractivity contribution in [2.45, 2.75) is 38.1 Å². The maximum Gasteiger partial charge on any atom is 0.328 e. The summed E-state index contributed by atoms with van der Waals surface area (Å²) >= 11 is 0. The Balaban J connectivity index is 2.36. The molecule has 0 saturated heterocycles. The number of ether oxygens (including phenoxy) is 2. The maximum absolute atomic E-state index is 11.6. The standard InChI is InChI=1S/C12H19NO5/c1-17-11(15)6-5-10(14)13-9(12(16)18-2)7-8-3-4-8/h8-9H,3-7H2,1-2H3,(H,13,14)/t9-/m1/s1. The third-order valence-electron chi connectivity index (χ3n) is 2.87. The fourth-order valence-corrected chi connectivity index (χ4v) is 1.63. The van der Waals surface area contributed by atoms with Crippen LogP contribution in [0.2, 0.25) is 0 Å². The summed E-state index contributed by atoms with van der Waals surface area (Å²) in [6.45, 7) is 0. The largest absolute Gasteiger partial charge is 0.469 e. The molecule has 0 aliphatic heterocycles. The number of amides is 1. The number of rotatable bonds is 7. The van der Waals surface area contributed by atoms with Gasteiger partial charge in [0.1, 0.15) is 6.04 Å². The van der Waals surface area contributed by atoms with Crippen LogP contribution >= 0.6 is 0 Å². The van der Waals surface area contributed by atoms with E-state index in [0.29, 0.717) is 12.3 Å². The Hall–Kier alpha value is -1.59. The van der Waals surface area contributed by atoms with Crippen molar-refractivity contribution in [3.05, 3.63) is 0 Å². The van der Waals surface area contributed by atoms with Gasteiger partial charge in [-0.2, -0.15) is 0 Å². The summed E-state index contributed by atoms with van der Waals surface area (Å²) in [4.78, 5) is 33.9. The average Bonchev–Trinajstić information content (AvgIpc) is 3.18. The van der Waals surface area contributed by atoms with Crippen molar-refractivity contribution in [2.24, 2.45) is 5.92 Å². The molecule has 1 aliphatic rings. The van der Waals surface area contributed by atoms with E-state index in [9.17, 15) is 14.4 Å². The zero-order valence-corrected chi connectivity index (χ0v) is 10.7. The molecule has 1 N–H and O–H groups in total. The van der Waals surface area contributed by atoms with E-state index in [1.165, 1.54) is 14.2 Å². The maximum atomic E-state index is 11.6. The number of carbonyl (C=O) groups is 3. The fraction of sp³-hybridized carbons (Fsp3) is 0.750. The Kier molecular flexibility index (Phi) is 5.61. The smallest absolute Gasteiger partial charge is 0.328 e. The first-order valence-electron chi connectivity index (χ1n) is 6.00. The van der Waals surface area contributed by atoms with Crippen LogP contribution in [-0.2, 0) is 23.9 Å². The van der Waals surface area contributed by atoms with Crippen LogP contribution in [0.15, 0.2) is 0 Å². The molecule has 1 amide bonds. The van der Waals surface area contributed by atoms with Gasteiger partial charge in [-0.1, -0.05) is 12.8 Å². The Morgan fingerprint density at radius 2 is 1.83 bits per heavy atom. The van der Waals surface area contributed by atoms with Crippen LogP contribution in [0.25, 0.3) is 0 Å². The number of hydrogen-bond donors (Lipinski definition) is 1. The Labute approximate surface area is 106 Å². The summed E-state index contributed by atoms with van der Waals surface area (Å²) in [6.07, 6.45) is 2.82. The molecule has 1 saturated carbocycles. The summed E-state index contributed by atoms with van der Waals surface area (Å²) in [5.41, 5.74) is 0. The predicted molar refractivity (Wildman–Crippen MR) is 62.5 cm³/mol. The second-order valence-electron chi connectivity index (χ2n) is 4.40. The van der Waals surface area contributed by atoms with Crippen LogP contribution in [0.5, 0.6) is 0 Å². The molecular weight excluding hydrogens is 238 g/mol. The number of esters is 2. The Bertz CT molecular complexity index is 324. The SMILES string of the molecule is COC(=O)CCC(=O)N[C@H](CC1CC1)C(=O)OC. The molecule has 18 heavy (non-hydrogen) atoms. The molecule has 1 rings (SSSR count). The number of methoxy groups -OCH3 is 2. The minimum atomic E-state index is -0.604. The van der Waals surface area contributed by atoms with E-state index in [-0.39, 0.29) is 18.7 Å². The van der Waals surface area contributed by atoms with E-state index >= 15 is 0 Å². The first kappa shape index (κ1) is 14.5. The van der Waals surface area contributed by atoms with E-state index in [4.69, 9.17) is 0 Å².